The number of ketones is 1. The van der Waals surface area contributed by atoms with Crippen LogP contribution >= 0.6 is 0 Å². The lowest BCUT2D eigenvalue weighted by Crippen LogP contribution is -2.53. The van der Waals surface area contributed by atoms with Gasteiger partial charge >= 0.3 is 6.09 Å². The van der Waals surface area contributed by atoms with Crippen molar-refractivity contribution in [1.29, 1.82) is 0 Å². The largest absolute Gasteiger partial charge is 0.444 e. The van der Waals surface area contributed by atoms with E-state index in [4.69, 9.17) is 4.74 Å². The summed E-state index contributed by atoms with van der Waals surface area (Å²) < 4.78 is 5.81. The molecule has 0 bridgehead atoms. The molecule has 0 aliphatic heterocycles. The monoisotopic (exact) mass is 471 g/mol. The molecule has 0 unspecified atom stereocenters. The molecular formula is C28H45NO3Si. The second-order valence-electron chi connectivity index (χ2n) is 11.6. The van der Waals surface area contributed by atoms with Crippen molar-refractivity contribution < 1.29 is 14.3 Å². The van der Waals surface area contributed by atoms with Crippen LogP contribution in [0.2, 0.25) is 16.6 Å². The Hall–Kier alpha value is -1.88. The second-order valence-corrected chi connectivity index (χ2v) is 17.5. The summed E-state index contributed by atoms with van der Waals surface area (Å²) in [6.07, 6.45) is -0.420. The molecule has 1 aromatic carbocycles. The number of hydrogen-bond donors (Lipinski definition) is 0. The Labute approximate surface area is 202 Å². The molecule has 0 saturated heterocycles. The zero-order valence-electron chi connectivity index (χ0n) is 22.7. The lowest BCUT2D eigenvalue weighted by Gasteiger charge is -2.44. The van der Waals surface area contributed by atoms with Gasteiger partial charge in [0, 0.05) is 12.5 Å². The van der Waals surface area contributed by atoms with Gasteiger partial charge in [0.2, 0.25) is 0 Å². The number of carbonyl (C=O) groups excluding carboxylic acids is 2. The summed E-state index contributed by atoms with van der Waals surface area (Å²) in [5, 5.41) is 1.07. The predicted octanol–water partition coefficient (Wildman–Crippen LogP) is 7.55. The SMILES string of the molecule is CC1=C([Si](C(C)C)(C(C)C)C(C)C)C(=O)[C@H](N(Cc2ccccc2)C(=O)OC(C)(C)C)[C@@H]1C. The number of ether oxygens (including phenoxy) is 1. The summed E-state index contributed by atoms with van der Waals surface area (Å²) in [4.78, 5) is 29.5. The third-order valence-corrected chi connectivity index (χ3v) is 14.8. The Kier molecular flexibility index (Phi) is 8.43. The molecule has 0 aromatic heterocycles. The number of amides is 1. The summed E-state index contributed by atoms with van der Waals surface area (Å²) in [5.41, 5.74) is 2.84. The van der Waals surface area contributed by atoms with Crippen LogP contribution < -0.4 is 0 Å². The van der Waals surface area contributed by atoms with E-state index in [0.29, 0.717) is 23.2 Å². The van der Waals surface area contributed by atoms with Crippen molar-refractivity contribution in [3.63, 3.8) is 0 Å². The van der Waals surface area contributed by atoms with Crippen LogP contribution in [0.3, 0.4) is 0 Å². The molecule has 5 heteroatoms. The van der Waals surface area contributed by atoms with Crippen molar-refractivity contribution in [1.82, 2.24) is 4.90 Å². The molecular weight excluding hydrogens is 426 g/mol. The fraction of sp³-hybridized carbons (Fsp3) is 0.643. The number of benzene rings is 1. The zero-order valence-corrected chi connectivity index (χ0v) is 23.7. The minimum atomic E-state index is -2.17. The molecule has 1 aromatic rings. The van der Waals surface area contributed by atoms with Crippen LogP contribution in [0.25, 0.3) is 0 Å². The molecule has 0 fully saturated rings. The van der Waals surface area contributed by atoms with Gasteiger partial charge in [-0.2, -0.15) is 0 Å². The Balaban J connectivity index is 2.60. The molecule has 1 aliphatic carbocycles. The van der Waals surface area contributed by atoms with E-state index in [-0.39, 0.29) is 11.7 Å². The van der Waals surface area contributed by atoms with Gasteiger partial charge in [0.15, 0.2) is 5.78 Å². The van der Waals surface area contributed by atoms with E-state index >= 15 is 0 Å². The lowest BCUT2D eigenvalue weighted by atomic mass is 9.98. The maximum atomic E-state index is 14.3. The first-order valence-corrected chi connectivity index (χ1v) is 14.7. The Morgan fingerprint density at radius 2 is 1.48 bits per heavy atom. The molecule has 0 N–H and O–H groups in total. The van der Waals surface area contributed by atoms with Crippen LogP contribution in [0.1, 0.15) is 81.7 Å². The lowest BCUT2D eigenvalue weighted by molar-refractivity contribution is -0.120. The van der Waals surface area contributed by atoms with E-state index in [9.17, 15) is 9.59 Å². The maximum absolute atomic E-state index is 14.3. The summed E-state index contributed by atoms with van der Waals surface area (Å²) >= 11 is 0. The van der Waals surface area contributed by atoms with Crippen LogP contribution in [-0.2, 0) is 16.1 Å². The minimum absolute atomic E-state index is 0.0353. The first-order chi connectivity index (χ1) is 15.2. The molecule has 33 heavy (non-hydrogen) atoms. The van der Waals surface area contributed by atoms with Gasteiger partial charge in [0.05, 0.1) is 8.07 Å². The smallest absolute Gasteiger partial charge is 0.411 e. The highest BCUT2D eigenvalue weighted by Gasteiger charge is 2.55. The summed E-state index contributed by atoms with van der Waals surface area (Å²) in [7, 11) is -2.17. The van der Waals surface area contributed by atoms with Crippen LogP contribution in [0.5, 0.6) is 0 Å². The molecule has 0 heterocycles. The number of carbonyl (C=O) groups is 2. The Bertz CT molecular complexity index is 858. The number of Topliss-reactive ketones (excluding diaryl/α,β-unsaturated/α-hetero) is 1. The highest BCUT2D eigenvalue weighted by molar-refractivity contribution is 6.93. The summed E-state index contributed by atoms with van der Waals surface area (Å²) in [5.74, 6) is 0.108. The van der Waals surface area contributed by atoms with Gasteiger partial charge in [-0.3, -0.25) is 9.69 Å². The van der Waals surface area contributed by atoms with E-state index in [1.54, 1.807) is 4.90 Å². The number of nitrogens with zero attached hydrogens (tertiary/aromatic N) is 1. The third kappa shape index (κ3) is 5.29. The Morgan fingerprint density at radius 1 is 1.00 bits per heavy atom. The fourth-order valence-corrected chi connectivity index (χ4v) is 13.5. The van der Waals surface area contributed by atoms with Gasteiger partial charge in [-0.1, -0.05) is 84.4 Å². The van der Waals surface area contributed by atoms with Crippen LogP contribution in [0.4, 0.5) is 4.79 Å². The van der Waals surface area contributed by atoms with Crippen LogP contribution in [0, 0.1) is 5.92 Å². The van der Waals surface area contributed by atoms with Crippen molar-refractivity contribution >= 4 is 20.0 Å². The molecule has 0 radical (unpaired) electrons. The van der Waals surface area contributed by atoms with E-state index in [2.05, 4.69) is 55.4 Å². The maximum Gasteiger partial charge on any atom is 0.411 e. The van der Waals surface area contributed by atoms with E-state index in [1.165, 1.54) is 5.57 Å². The van der Waals surface area contributed by atoms with Crippen molar-refractivity contribution in [3.05, 3.63) is 46.7 Å². The topological polar surface area (TPSA) is 46.6 Å². The normalized spacial score (nSPS) is 19.8. The predicted molar refractivity (Wildman–Crippen MR) is 140 cm³/mol. The average molecular weight is 472 g/mol. The quantitative estimate of drug-likeness (QED) is 0.386. The van der Waals surface area contributed by atoms with Crippen molar-refractivity contribution in [2.45, 2.75) is 111 Å². The number of rotatable bonds is 7. The van der Waals surface area contributed by atoms with E-state index < -0.39 is 25.8 Å². The molecule has 1 aliphatic rings. The summed E-state index contributed by atoms with van der Waals surface area (Å²) in [6.45, 7) is 23.9. The highest BCUT2D eigenvalue weighted by atomic mass is 28.3. The molecule has 184 valence electrons. The molecule has 0 spiro atoms. The van der Waals surface area contributed by atoms with Gasteiger partial charge in [-0.05, 0) is 55.1 Å². The zero-order chi connectivity index (χ0) is 25.3. The molecule has 2 rings (SSSR count). The standard InChI is InChI=1S/C28H45NO3Si/c1-18(2)33(19(3)4,20(5)6)26-22(8)21(7)24(25(26)30)29(27(31)32-28(9,10)11)17-23-15-13-12-14-16-23/h12-16,18-21,24H,17H2,1-11H3/t21-,24-/m1/s1. The summed E-state index contributed by atoms with van der Waals surface area (Å²) in [6, 6.07) is 9.36. The minimum Gasteiger partial charge on any atom is -0.444 e. The fourth-order valence-electron chi connectivity index (χ4n) is 6.24. The average Bonchev–Trinajstić information content (AvgIpc) is 2.89. The van der Waals surface area contributed by atoms with Crippen molar-refractivity contribution in [2.24, 2.45) is 5.92 Å². The Morgan fingerprint density at radius 3 is 1.91 bits per heavy atom. The second kappa shape index (κ2) is 10.2. The first-order valence-electron chi connectivity index (χ1n) is 12.4. The highest BCUT2D eigenvalue weighted by Crippen LogP contribution is 2.51. The number of hydrogen-bond acceptors (Lipinski definition) is 3. The van der Waals surface area contributed by atoms with Gasteiger partial charge in [-0.15, -0.1) is 0 Å². The van der Waals surface area contributed by atoms with Crippen molar-refractivity contribution in [2.75, 3.05) is 0 Å². The van der Waals surface area contributed by atoms with E-state index in [1.807, 2.05) is 51.1 Å². The first kappa shape index (κ1) is 27.4. The third-order valence-electron chi connectivity index (χ3n) is 7.52. The molecule has 1 amide bonds. The van der Waals surface area contributed by atoms with Gasteiger partial charge in [-0.25, -0.2) is 4.79 Å². The molecule has 2 atom stereocenters. The van der Waals surface area contributed by atoms with Gasteiger partial charge < -0.3 is 4.74 Å². The molecule has 0 saturated carbocycles. The van der Waals surface area contributed by atoms with Crippen LogP contribution in [0.15, 0.2) is 41.1 Å². The van der Waals surface area contributed by atoms with Gasteiger partial charge in [0.1, 0.15) is 11.6 Å². The van der Waals surface area contributed by atoms with Gasteiger partial charge in [0.25, 0.3) is 0 Å². The van der Waals surface area contributed by atoms with E-state index in [0.717, 1.165) is 10.8 Å². The van der Waals surface area contributed by atoms with Crippen molar-refractivity contribution in [3.8, 4) is 0 Å². The van der Waals surface area contributed by atoms with Crippen LogP contribution in [-0.4, -0.2) is 36.5 Å². The molecule has 4 nitrogen and oxygen atoms in total.